The largest absolute Gasteiger partial charge is 0.360 e. The van der Waals surface area contributed by atoms with Gasteiger partial charge in [0.15, 0.2) is 0 Å². The highest BCUT2D eigenvalue weighted by molar-refractivity contribution is 6.00. The number of carbonyl (C=O) groups excluding carboxylic acids is 1. The SMILES string of the molecule is Cc1onc(-c2ccccc2)c1C(=O)NCCCN.Cl. The molecule has 0 aliphatic carbocycles. The fourth-order valence-corrected chi connectivity index (χ4v) is 1.82. The molecule has 0 aliphatic heterocycles. The summed E-state index contributed by atoms with van der Waals surface area (Å²) in [7, 11) is 0. The average Bonchev–Trinajstić information content (AvgIpc) is 2.82. The van der Waals surface area contributed by atoms with Crippen LogP contribution in [0, 0.1) is 6.92 Å². The summed E-state index contributed by atoms with van der Waals surface area (Å²) < 4.78 is 5.14. The first kappa shape index (κ1) is 16.2. The van der Waals surface area contributed by atoms with Crippen molar-refractivity contribution in [3.05, 3.63) is 41.7 Å². The van der Waals surface area contributed by atoms with E-state index in [0.29, 0.717) is 30.1 Å². The lowest BCUT2D eigenvalue weighted by Gasteiger charge is -2.04. The number of aromatic nitrogens is 1. The number of hydrogen-bond donors (Lipinski definition) is 2. The molecule has 1 aromatic heterocycles. The fraction of sp³-hybridized carbons (Fsp3) is 0.286. The van der Waals surface area contributed by atoms with Gasteiger partial charge in [-0.2, -0.15) is 0 Å². The van der Waals surface area contributed by atoms with Crippen molar-refractivity contribution < 1.29 is 9.32 Å². The monoisotopic (exact) mass is 295 g/mol. The van der Waals surface area contributed by atoms with Gasteiger partial charge in [-0.25, -0.2) is 0 Å². The summed E-state index contributed by atoms with van der Waals surface area (Å²) in [6.07, 6.45) is 0.747. The molecule has 0 saturated heterocycles. The zero-order valence-electron chi connectivity index (χ0n) is 11.3. The van der Waals surface area contributed by atoms with Crippen LogP contribution in [-0.2, 0) is 0 Å². The van der Waals surface area contributed by atoms with Crippen molar-refractivity contribution in [1.29, 1.82) is 0 Å². The second-order valence-corrected chi connectivity index (χ2v) is 4.23. The van der Waals surface area contributed by atoms with E-state index < -0.39 is 0 Å². The van der Waals surface area contributed by atoms with Crippen LogP contribution in [-0.4, -0.2) is 24.2 Å². The molecule has 0 atom stereocenters. The molecule has 108 valence electrons. The third-order valence-corrected chi connectivity index (χ3v) is 2.80. The van der Waals surface area contributed by atoms with Crippen LogP contribution >= 0.6 is 12.4 Å². The number of rotatable bonds is 5. The molecule has 20 heavy (non-hydrogen) atoms. The molecule has 0 aliphatic rings. The van der Waals surface area contributed by atoms with Gasteiger partial charge in [0, 0.05) is 12.1 Å². The van der Waals surface area contributed by atoms with Crippen LogP contribution in [0.1, 0.15) is 22.5 Å². The predicted molar refractivity (Wildman–Crippen MR) is 79.9 cm³/mol. The van der Waals surface area contributed by atoms with Crippen molar-refractivity contribution in [1.82, 2.24) is 10.5 Å². The van der Waals surface area contributed by atoms with Gasteiger partial charge in [0.1, 0.15) is 17.0 Å². The van der Waals surface area contributed by atoms with Crippen LogP contribution in [0.3, 0.4) is 0 Å². The Balaban J connectivity index is 0.00000200. The first-order chi connectivity index (χ1) is 9.24. The fourth-order valence-electron chi connectivity index (χ4n) is 1.82. The lowest BCUT2D eigenvalue weighted by atomic mass is 10.1. The quantitative estimate of drug-likeness (QED) is 0.828. The van der Waals surface area contributed by atoms with E-state index in [1.807, 2.05) is 30.3 Å². The van der Waals surface area contributed by atoms with E-state index in [2.05, 4.69) is 10.5 Å². The van der Waals surface area contributed by atoms with Crippen molar-refractivity contribution >= 4 is 18.3 Å². The second-order valence-electron chi connectivity index (χ2n) is 4.23. The van der Waals surface area contributed by atoms with Crippen molar-refractivity contribution in [3.63, 3.8) is 0 Å². The normalized spacial score (nSPS) is 9.90. The second kappa shape index (κ2) is 7.67. The van der Waals surface area contributed by atoms with E-state index >= 15 is 0 Å². The molecule has 6 heteroatoms. The van der Waals surface area contributed by atoms with Crippen LogP contribution in [0.4, 0.5) is 0 Å². The van der Waals surface area contributed by atoms with Gasteiger partial charge in [0.25, 0.3) is 5.91 Å². The molecule has 2 aromatic rings. The lowest BCUT2D eigenvalue weighted by molar-refractivity contribution is 0.0952. The van der Waals surface area contributed by atoms with Crippen LogP contribution in [0.5, 0.6) is 0 Å². The highest BCUT2D eigenvalue weighted by atomic mass is 35.5. The summed E-state index contributed by atoms with van der Waals surface area (Å²) in [6.45, 7) is 2.83. The molecule has 1 amide bonds. The maximum atomic E-state index is 12.1. The van der Waals surface area contributed by atoms with Crippen molar-refractivity contribution in [3.8, 4) is 11.3 Å². The minimum Gasteiger partial charge on any atom is -0.360 e. The highest BCUT2D eigenvalue weighted by Crippen LogP contribution is 2.24. The minimum atomic E-state index is -0.175. The number of nitrogens with one attached hydrogen (secondary N) is 1. The van der Waals surface area contributed by atoms with E-state index in [1.165, 1.54) is 0 Å². The van der Waals surface area contributed by atoms with Crippen LogP contribution in [0.15, 0.2) is 34.9 Å². The number of nitrogens with zero attached hydrogens (tertiary/aromatic N) is 1. The Morgan fingerprint density at radius 2 is 2.05 bits per heavy atom. The van der Waals surface area contributed by atoms with Crippen LogP contribution < -0.4 is 11.1 Å². The number of carbonyl (C=O) groups is 1. The molecule has 1 aromatic carbocycles. The third-order valence-electron chi connectivity index (χ3n) is 2.80. The van der Waals surface area contributed by atoms with Crippen LogP contribution in [0.2, 0.25) is 0 Å². The number of aryl methyl sites for hydroxylation is 1. The molecule has 0 fully saturated rings. The van der Waals surface area contributed by atoms with Gasteiger partial charge in [-0.3, -0.25) is 4.79 Å². The highest BCUT2D eigenvalue weighted by Gasteiger charge is 2.20. The van der Waals surface area contributed by atoms with Gasteiger partial charge in [0.05, 0.1) is 0 Å². The third kappa shape index (κ3) is 3.59. The molecule has 0 bridgehead atoms. The Morgan fingerprint density at radius 1 is 1.35 bits per heavy atom. The van der Waals surface area contributed by atoms with E-state index in [9.17, 15) is 4.79 Å². The van der Waals surface area contributed by atoms with Crippen molar-refractivity contribution in [2.24, 2.45) is 5.73 Å². The van der Waals surface area contributed by atoms with Gasteiger partial charge < -0.3 is 15.6 Å². The molecule has 1 heterocycles. The Labute approximate surface area is 123 Å². The minimum absolute atomic E-state index is 0. The van der Waals surface area contributed by atoms with Crippen molar-refractivity contribution in [2.75, 3.05) is 13.1 Å². The Morgan fingerprint density at radius 3 is 2.70 bits per heavy atom. The summed E-state index contributed by atoms with van der Waals surface area (Å²) in [5, 5.41) is 6.79. The summed E-state index contributed by atoms with van der Waals surface area (Å²) >= 11 is 0. The van der Waals surface area contributed by atoms with Gasteiger partial charge in [-0.1, -0.05) is 35.5 Å². The zero-order valence-corrected chi connectivity index (χ0v) is 12.1. The number of benzene rings is 1. The Bertz CT molecular complexity index is 555. The first-order valence-corrected chi connectivity index (χ1v) is 6.24. The number of halogens is 1. The zero-order chi connectivity index (χ0) is 13.7. The number of amides is 1. The summed E-state index contributed by atoms with van der Waals surface area (Å²) in [5.41, 5.74) is 7.33. The van der Waals surface area contributed by atoms with Gasteiger partial charge in [-0.05, 0) is 19.9 Å². The molecule has 0 unspecified atom stereocenters. The average molecular weight is 296 g/mol. The van der Waals surface area contributed by atoms with Crippen molar-refractivity contribution in [2.45, 2.75) is 13.3 Å². The topological polar surface area (TPSA) is 81.2 Å². The van der Waals surface area contributed by atoms with E-state index in [4.69, 9.17) is 10.3 Å². The summed E-state index contributed by atoms with van der Waals surface area (Å²) in [4.78, 5) is 12.1. The molecule has 5 nitrogen and oxygen atoms in total. The molecule has 0 saturated carbocycles. The molecular formula is C14H18ClN3O2. The molecule has 0 spiro atoms. The molecule has 3 N–H and O–H groups in total. The van der Waals surface area contributed by atoms with E-state index in [0.717, 1.165) is 12.0 Å². The summed E-state index contributed by atoms with van der Waals surface area (Å²) in [6, 6.07) is 9.50. The Hall–Kier alpha value is -1.85. The molecular weight excluding hydrogens is 278 g/mol. The number of nitrogens with two attached hydrogens (primary N) is 1. The molecule has 2 rings (SSSR count). The maximum absolute atomic E-state index is 12.1. The lowest BCUT2D eigenvalue weighted by Crippen LogP contribution is -2.26. The smallest absolute Gasteiger partial charge is 0.257 e. The van der Waals surface area contributed by atoms with Gasteiger partial charge in [-0.15, -0.1) is 12.4 Å². The van der Waals surface area contributed by atoms with E-state index in [-0.39, 0.29) is 18.3 Å². The standard InChI is InChI=1S/C14H17N3O2.ClH/c1-10-12(14(18)16-9-5-8-15)13(17-19-10)11-6-3-2-4-7-11;/h2-4,6-7H,5,8-9,15H2,1H3,(H,16,18);1H. The van der Waals surface area contributed by atoms with Gasteiger partial charge in [0.2, 0.25) is 0 Å². The molecule has 0 radical (unpaired) electrons. The van der Waals surface area contributed by atoms with Crippen LogP contribution in [0.25, 0.3) is 11.3 Å². The first-order valence-electron chi connectivity index (χ1n) is 6.24. The Kier molecular flexibility index (Phi) is 6.21. The summed E-state index contributed by atoms with van der Waals surface area (Å²) in [5.74, 6) is 0.343. The maximum Gasteiger partial charge on any atom is 0.257 e. The predicted octanol–water partition coefficient (Wildman–Crippen LogP) is 2.15. The number of hydrogen-bond acceptors (Lipinski definition) is 4. The van der Waals surface area contributed by atoms with Gasteiger partial charge >= 0.3 is 0 Å². The van der Waals surface area contributed by atoms with E-state index in [1.54, 1.807) is 6.92 Å².